The zero-order valence-electron chi connectivity index (χ0n) is 11.2. The Balaban J connectivity index is 2.78. The van der Waals surface area contributed by atoms with Crippen LogP contribution >= 0.6 is 11.6 Å². The van der Waals surface area contributed by atoms with Crippen LogP contribution in [0.3, 0.4) is 0 Å². The van der Waals surface area contributed by atoms with Crippen LogP contribution < -0.4 is 5.32 Å². The maximum Gasteiger partial charge on any atom is 0.323 e. The van der Waals surface area contributed by atoms with E-state index in [1.165, 1.54) is 7.11 Å². The van der Waals surface area contributed by atoms with E-state index >= 15 is 0 Å². The topological polar surface area (TPSA) is 38.3 Å². The van der Waals surface area contributed by atoms with Crippen LogP contribution in [0.2, 0.25) is 5.02 Å². The summed E-state index contributed by atoms with van der Waals surface area (Å²) in [4.78, 5) is 11.7. The van der Waals surface area contributed by atoms with Crippen molar-refractivity contribution in [2.75, 3.05) is 7.11 Å². The minimum Gasteiger partial charge on any atom is -0.468 e. The van der Waals surface area contributed by atoms with Crippen molar-refractivity contribution in [3.8, 4) is 0 Å². The number of rotatable bonds is 5. The molecule has 0 fully saturated rings. The van der Waals surface area contributed by atoms with Gasteiger partial charge in [0.05, 0.1) is 7.11 Å². The second-order valence-corrected chi connectivity index (χ2v) is 5.12. The van der Waals surface area contributed by atoms with Crippen molar-refractivity contribution in [1.82, 2.24) is 5.32 Å². The molecule has 1 rings (SSSR count). The van der Waals surface area contributed by atoms with Crippen LogP contribution in [0, 0.1) is 5.92 Å². The average molecular weight is 270 g/mol. The number of esters is 1. The smallest absolute Gasteiger partial charge is 0.323 e. The molecule has 2 atom stereocenters. The summed E-state index contributed by atoms with van der Waals surface area (Å²) in [5.74, 6) is -0.0713. The molecule has 0 spiro atoms. The van der Waals surface area contributed by atoms with E-state index in [9.17, 15) is 4.79 Å². The number of benzene rings is 1. The molecular formula is C14H20ClNO2. The minimum atomic E-state index is -0.316. The van der Waals surface area contributed by atoms with Crippen LogP contribution in [0.1, 0.15) is 32.4 Å². The lowest BCUT2D eigenvalue weighted by Crippen LogP contribution is -2.42. The molecule has 4 heteroatoms. The predicted molar refractivity (Wildman–Crippen MR) is 73.6 cm³/mol. The number of hydrogen-bond acceptors (Lipinski definition) is 3. The summed E-state index contributed by atoms with van der Waals surface area (Å²) in [5, 5.41) is 3.97. The van der Waals surface area contributed by atoms with Gasteiger partial charge in [-0.15, -0.1) is 0 Å². The molecule has 0 saturated carbocycles. The standard InChI is InChI=1S/C14H20ClNO2/c1-9(2)13(14(17)18-4)16-10(3)11-6-5-7-12(15)8-11/h5-10,13,16H,1-4H3/t10?,13-/m1/s1. The Hall–Kier alpha value is -1.06. The molecule has 0 aromatic heterocycles. The van der Waals surface area contributed by atoms with E-state index in [1.807, 2.05) is 45.0 Å². The van der Waals surface area contributed by atoms with Crippen LogP contribution in [0.4, 0.5) is 0 Å². The van der Waals surface area contributed by atoms with Gasteiger partial charge < -0.3 is 4.74 Å². The summed E-state index contributed by atoms with van der Waals surface area (Å²) in [5.41, 5.74) is 1.05. The van der Waals surface area contributed by atoms with E-state index in [0.717, 1.165) is 5.56 Å². The molecule has 0 aliphatic rings. The Morgan fingerprint density at radius 3 is 2.50 bits per heavy atom. The summed E-state index contributed by atoms with van der Waals surface area (Å²) in [7, 11) is 1.41. The van der Waals surface area contributed by atoms with Gasteiger partial charge in [-0.2, -0.15) is 0 Å². The van der Waals surface area contributed by atoms with Crippen molar-refractivity contribution in [3.05, 3.63) is 34.9 Å². The Morgan fingerprint density at radius 2 is 2.00 bits per heavy atom. The largest absolute Gasteiger partial charge is 0.468 e. The summed E-state index contributed by atoms with van der Waals surface area (Å²) >= 11 is 5.96. The molecule has 1 unspecified atom stereocenters. The highest BCUT2D eigenvalue weighted by Crippen LogP contribution is 2.19. The number of carbonyl (C=O) groups excluding carboxylic acids is 1. The molecule has 3 nitrogen and oxygen atoms in total. The summed E-state index contributed by atoms with van der Waals surface area (Å²) < 4.78 is 4.81. The molecule has 0 bridgehead atoms. The fraction of sp³-hybridized carbons (Fsp3) is 0.500. The third kappa shape index (κ3) is 4.00. The number of hydrogen-bond donors (Lipinski definition) is 1. The third-order valence-electron chi connectivity index (χ3n) is 2.90. The molecular weight excluding hydrogens is 250 g/mol. The van der Waals surface area contributed by atoms with Crippen molar-refractivity contribution < 1.29 is 9.53 Å². The first-order chi connectivity index (χ1) is 8.45. The van der Waals surface area contributed by atoms with E-state index in [1.54, 1.807) is 0 Å². The Kier molecular flexibility index (Phi) is 5.63. The fourth-order valence-electron chi connectivity index (χ4n) is 1.80. The zero-order chi connectivity index (χ0) is 13.7. The van der Waals surface area contributed by atoms with E-state index < -0.39 is 0 Å². The highest BCUT2D eigenvalue weighted by Gasteiger charge is 2.24. The van der Waals surface area contributed by atoms with Gasteiger partial charge in [-0.05, 0) is 30.5 Å². The van der Waals surface area contributed by atoms with Gasteiger partial charge in [-0.1, -0.05) is 37.6 Å². The van der Waals surface area contributed by atoms with Crippen molar-refractivity contribution in [1.29, 1.82) is 0 Å². The van der Waals surface area contributed by atoms with Crippen molar-refractivity contribution in [3.63, 3.8) is 0 Å². The van der Waals surface area contributed by atoms with Crippen molar-refractivity contribution in [2.45, 2.75) is 32.9 Å². The predicted octanol–water partition coefficient (Wildman–Crippen LogP) is 3.19. The summed E-state index contributed by atoms with van der Waals surface area (Å²) in [6, 6.07) is 7.34. The molecule has 0 radical (unpaired) electrons. The van der Waals surface area contributed by atoms with E-state index in [-0.39, 0.29) is 24.0 Å². The van der Waals surface area contributed by atoms with Crippen LogP contribution in [0.25, 0.3) is 0 Å². The number of halogens is 1. The normalized spacial score (nSPS) is 14.3. The van der Waals surface area contributed by atoms with Crippen molar-refractivity contribution in [2.24, 2.45) is 5.92 Å². The quantitative estimate of drug-likeness (QED) is 0.835. The van der Waals surface area contributed by atoms with E-state index in [2.05, 4.69) is 5.32 Å². The van der Waals surface area contributed by atoms with Gasteiger partial charge in [0.25, 0.3) is 0 Å². The van der Waals surface area contributed by atoms with Gasteiger partial charge in [-0.3, -0.25) is 10.1 Å². The summed E-state index contributed by atoms with van der Waals surface area (Å²) in [6.07, 6.45) is 0. The lowest BCUT2D eigenvalue weighted by molar-refractivity contribution is -0.144. The molecule has 0 aliphatic heterocycles. The van der Waals surface area contributed by atoms with Gasteiger partial charge in [-0.25, -0.2) is 0 Å². The molecule has 0 amide bonds. The zero-order valence-corrected chi connectivity index (χ0v) is 12.0. The number of carbonyl (C=O) groups is 1. The molecule has 1 aromatic rings. The molecule has 1 N–H and O–H groups in total. The van der Waals surface area contributed by atoms with Crippen molar-refractivity contribution >= 4 is 17.6 Å². The average Bonchev–Trinajstić information content (AvgIpc) is 2.34. The first kappa shape index (κ1) is 15.0. The second kappa shape index (κ2) is 6.76. The SMILES string of the molecule is COC(=O)[C@H](NC(C)c1cccc(Cl)c1)C(C)C. The third-order valence-corrected chi connectivity index (χ3v) is 3.14. The maximum atomic E-state index is 11.7. The Morgan fingerprint density at radius 1 is 1.33 bits per heavy atom. The number of methoxy groups -OCH3 is 1. The Labute approximate surface area is 113 Å². The highest BCUT2D eigenvalue weighted by molar-refractivity contribution is 6.30. The molecule has 18 heavy (non-hydrogen) atoms. The second-order valence-electron chi connectivity index (χ2n) is 4.69. The van der Waals surface area contributed by atoms with Crippen LogP contribution in [0.5, 0.6) is 0 Å². The fourth-order valence-corrected chi connectivity index (χ4v) is 2.00. The highest BCUT2D eigenvalue weighted by atomic mass is 35.5. The number of nitrogens with one attached hydrogen (secondary N) is 1. The molecule has 0 aliphatic carbocycles. The van der Waals surface area contributed by atoms with E-state index in [0.29, 0.717) is 5.02 Å². The lowest BCUT2D eigenvalue weighted by atomic mass is 10.0. The lowest BCUT2D eigenvalue weighted by Gasteiger charge is -2.24. The Bertz CT molecular complexity index is 407. The first-order valence-electron chi connectivity index (χ1n) is 6.05. The maximum absolute atomic E-state index is 11.7. The number of ether oxygens (including phenoxy) is 1. The minimum absolute atomic E-state index is 0.0372. The molecule has 1 aromatic carbocycles. The van der Waals surface area contributed by atoms with Crippen LogP contribution in [-0.2, 0) is 9.53 Å². The van der Waals surface area contributed by atoms with E-state index in [4.69, 9.17) is 16.3 Å². The first-order valence-corrected chi connectivity index (χ1v) is 6.42. The van der Waals surface area contributed by atoms with Crippen LogP contribution in [0.15, 0.2) is 24.3 Å². The van der Waals surface area contributed by atoms with Crippen LogP contribution in [-0.4, -0.2) is 19.1 Å². The molecule has 0 heterocycles. The monoisotopic (exact) mass is 269 g/mol. The van der Waals surface area contributed by atoms with Gasteiger partial charge in [0.2, 0.25) is 0 Å². The molecule has 0 saturated heterocycles. The molecule has 100 valence electrons. The van der Waals surface area contributed by atoms with Gasteiger partial charge >= 0.3 is 5.97 Å². The summed E-state index contributed by atoms with van der Waals surface area (Å²) in [6.45, 7) is 5.97. The van der Waals surface area contributed by atoms with Gasteiger partial charge in [0, 0.05) is 11.1 Å². The van der Waals surface area contributed by atoms with Gasteiger partial charge in [0.15, 0.2) is 0 Å². The van der Waals surface area contributed by atoms with Gasteiger partial charge in [0.1, 0.15) is 6.04 Å².